The number of thiophene rings is 1. The van der Waals surface area contributed by atoms with Crippen LogP contribution in [-0.2, 0) is 16.0 Å². The maximum absolute atomic E-state index is 12.6. The van der Waals surface area contributed by atoms with Gasteiger partial charge in [-0.25, -0.2) is 4.98 Å². The fraction of sp³-hybridized carbons (Fsp3) is 0.286. The van der Waals surface area contributed by atoms with Crippen molar-refractivity contribution in [2.24, 2.45) is 0 Å². The number of Topliss-reactive ketones (excluding diaryl/α,β-unsaturated/α-hetero) is 1. The van der Waals surface area contributed by atoms with Gasteiger partial charge in [-0.05, 0) is 61.4 Å². The molecule has 0 fully saturated rings. The third-order valence-electron chi connectivity index (χ3n) is 4.64. The molecule has 4 nitrogen and oxygen atoms in total. The molecule has 0 unspecified atom stereocenters. The number of carbonyl (C=O) groups is 2. The van der Waals surface area contributed by atoms with E-state index >= 15 is 0 Å². The van der Waals surface area contributed by atoms with Crippen molar-refractivity contribution in [1.29, 1.82) is 0 Å². The van der Waals surface area contributed by atoms with E-state index < -0.39 is 5.97 Å². The predicted octanol–water partition coefficient (Wildman–Crippen LogP) is 5.07. The standard InChI is InChI=1S/C21H21NO3S2/c1-12-7-13(2)20(15(4)14(12)3)18(23)9-25-19(24)8-17-11-27-21(22-17)16-5-6-26-10-16/h5-7,10-11H,8-9H2,1-4H3. The summed E-state index contributed by atoms with van der Waals surface area (Å²) in [5.74, 6) is -0.608. The number of rotatable bonds is 6. The molecular formula is C21H21NO3S2. The third-order valence-corrected chi connectivity index (χ3v) is 6.27. The highest BCUT2D eigenvalue weighted by atomic mass is 32.1. The van der Waals surface area contributed by atoms with Crippen molar-refractivity contribution in [2.75, 3.05) is 6.61 Å². The summed E-state index contributed by atoms with van der Waals surface area (Å²) in [4.78, 5) is 29.2. The highest BCUT2D eigenvalue weighted by molar-refractivity contribution is 7.14. The van der Waals surface area contributed by atoms with E-state index in [1.54, 1.807) is 11.3 Å². The molecule has 3 aromatic rings. The molecule has 0 spiro atoms. The van der Waals surface area contributed by atoms with Crippen LogP contribution in [0.25, 0.3) is 10.6 Å². The monoisotopic (exact) mass is 399 g/mol. The molecule has 0 N–H and O–H groups in total. The molecular weight excluding hydrogens is 378 g/mol. The van der Waals surface area contributed by atoms with E-state index in [0.29, 0.717) is 11.3 Å². The van der Waals surface area contributed by atoms with Gasteiger partial charge in [0.25, 0.3) is 0 Å². The number of esters is 1. The Bertz CT molecular complexity index is 987. The molecule has 0 aliphatic heterocycles. The second kappa shape index (κ2) is 8.15. The number of ketones is 1. The first-order chi connectivity index (χ1) is 12.9. The molecule has 3 rings (SSSR count). The predicted molar refractivity (Wildman–Crippen MR) is 110 cm³/mol. The van der Waals surface area contributed by atoms with Crippen molar-refractivity contribution >= 4 is 34.4 Å². The molecule has 0 amide bonds. The van der Waals surface area contributed by atoms with Gasteiger partial charge in [-0.15, -0.1) is 11.3 Å². The maximum Gasteiger partial charge on any atom is 0.312 e. The van der Waals surface area contributed by atoms with Crippen LogP contribution in [0.2, 0.25) is 0 Å². The fourth-order valence-electron chi connectivity index (χ4n) is 3.04. The number of carbonyl (C=O) groups excluding carboxylic acids is 2. The van der Waals surface area contributed by atoms with Crippen molar-refractivity contribution in [2.45, 2.75) is 34.1 Å². The molecule has 6 heteroatoms. The summed E-state index contributed by atoms with van der Waals surface area (Å²) in [6, 6.07) is 4.00. The van der Waals surface area contributed by atoms with Crippen molar-refractivity contribution in [3.8, 4) is 10.6 Å². The van der Waals surface area contributed by atoms with Crippen molar-refractivity contribution < 1.29 is 14.3 Å². The molecule has 0 bridgehead atoms. The summed E-state index contributed by atoms with van der Waals surface area (Å²) in [6.07, 6.45) is 0.0683. The lowest BCUT2D eigenvalue weighted by Gasteiger charge is -2.14. The summed E-state index contributed by atoms with van der Waals surface area (Å²) < 4.78 is 5.22. The first-order valence-electron chi connectivity index (χ1n) is 8.60. The Labute approximate surface area is 166 Å². The summed E-state index contributed by atoms with van der Waals surface area (Å²) in [5.41, 5.74) is 6.49. The van der Waals surface area contributed by atoms with Gasteiger partial charge in [-0.3, -0.25) is 9.59 Å². The Morgan fingerprint density at radius 3 is 2.56 bits per heavy atom. The highest BCUT2D eigenvalue weighted by Gasteiger charge is 2.18. The normalized spacial score (nSPS) is 10.8. The zero-order valence-electron chi connectivity index (χ0n) is 15.8. The molecule has 0 aliphatic carbocycles. The number of hydrogen-bond donors (Lipinski definition) is 0. The Morgan fingerprint density at radius 1 is 1.07 bits per heavy atom. The van der Waals surface area contributed by atoms with E-state index in [2.05, 4.69) is 4.98 Å². The zero-order valence-corrected chi connectivity index (χ0v) is 17.4. The van der Waals surface area contributed by atoms with Crippen LogP contribution in [0.3, 0.4) is 0 Å². The molecule has 2 aromatic heterocycles. The second-order valence-corrected chi connectivity index (χ2v) is 8.19. The second-order valence-electron chi connectivity index (χ2n) is 6.55. The summed E-state index contributed by atoms with van der Waals surface area (Å²) in [7, 11) is 0. The average molecular weight is 400 g/mol. The van der Waals surface area contributed by atoms with Crippen molar-refractivity contribution in [1.82, 2.24) is 4.98 Å². The van der Waals surface area contributed by atoms with Crippen LogP contribution in [0.1, 0.15) is 38.3 Å². The minimum Gasteiger partial charge on any atom is -0.457 e. The lowest BCUT2D eigenvalue weighted by atomic mass is 9.92. The largest absolute Gasteiger partial charge is 0.457 e. The Hall–Kier alpha value is -2.31. The van der Waals surface area contributed by atoms with Crippen LogP contribution in [0, 0.1) is 27.7 Å². The number of hydrogen-bond acceptors (Lipinski definition) is 6. The smallest absolute Gasteiger partial charge is 0.312 e. The Balaban J connectivity index is 1.61. The molecule has 140 valence electrons. The van der Waals surface area contributed by atoms with Gasteiger partial charge in [-0.2, -0.15) is 11.3 Å². The van der Waals surface area contributed by atoms with E-state index in [4.69, 9.17) is 4.74 Å². The Kier molecular flexibility index (Phi) is 5.87. The van der Waals surface area contributed by atoms with Crippen LogP contribution in [0.4, 0.5) is 0 Å². The Morgan fingerprint density at radius 2 is 1.85 bits per heavy atom. The van der Waals surface area contributed by atoms with Crippen molar-refractivity contribution in [3.05, 3.63) is 61.8 Å². The van der Waals surface area contributed by atoms with E-state index in [1.807, 2.05) is 56.0 Å². The minimum atomic E-state index is -0.440. The van der Waals surface area contributed by atoms with Gasteiger partial charge >= 0.3 is 5.97 Å². The molecule has 0 saturated heterocycles. The summed E-state index contributed by atoms with van der Waals surface area (Å²) >= 11 is 3.11. The van der Waals surface area contributed by atoms with Crippen LogP contribution in [0.15, 0.2) is 28.3 Å². The number of aromatic nitrogens is 1. The lowest BCUT2D eigenvalue weighted by molar-refractivity contribution is -0.141. The zero-order chi connectivity index (χ0) is 19.6. The maximum atomic E-state index is 12.6. The van der Waals surface area contributed by atoms with Crippen LogP contribution >= 0.6 is 22.7 Å². The summed E-state index contributed by atoms with van der Waals surface area (Å²) in [6.45, 7) is 7.63. The first kappa shape index (κ1) is 19.5. The van der Waals surface area contributed by atoms with Gasteiger partial charge in [0.2, 0.25) is 5.78 Å². The van der Waals surface area contributed by atoms with E-state index in [9.17, 15) is 9.59 Å². The quantitative estimate of drug-likeness (QED) is 0.429. The van der Waals surface area contributed by atoms with Gasteiger partial charge in [0, 0.05) is 21.9 Å². The van der Waals surface area contributed by atoms with E-state index in [-0.39, 0.29) is 18.8 Å². The first-order valence-corrected chi connectivity index (χ1v) is 10.4. The molecule has 0 aliphatic rings. The molecule has 0 atom stereocenters. The number of thiazole rings is 1. The van der Waals surface area contributed by atoms with Gasteiger partial charge in [-0.1, -0.05) is 6.07 Å². The van der Waals surface area contributed by atoms with E-state index in [0.717, 1.165) is 32.8 Å². The van der Waals surface area contributed by atoms with Crippen LogP contribution in [-0.4, -0.2) is 23.3 Å². The molecule has 2 heterocycles. The van der Waals surface area contributed by atoms with Crippen molar-refractivity contribution in [3.63, 3.8) is 0 Å². The molecule has 1 aromatic carbocycles. The average Bonchev–Trinajstić information content (AvgIpc) is 3.29. The lowest BCUT2D eigenvalue weighted by Crippen LogP contribution is -2.18. The molecule has 0 radical (unpaired) electrons. The third kappa shape index (κ3) is 4.34. The number of aryl methyl sites for hydroxylation is 2. The number of benzene rings is 1. The van der Waals surface area contributed by atoms with Gasteiger partial charge in [0.15, 0.2) is 6.61 Å². The van der Waals surface area contributed by atoms with Crippen LogP contribution in [0.5, 0.6) is 0 Å². The summed E-state index contributed by atoms with van der Waals surface area (Å²) in [5, 5.41) is 6.76. The minimum absolute atomic E-state index is 0.0683. The topological polar surface area (TPSA) is 56.3 Å². The van der Waals surface area contributed by atoms with Gasteiger partial charge in [0.05, 0.1) is 12.1 Å². The highest BCUT2D eigenvalue weighted by Crippen LogP contribution is 2.26. The van der Waals surface area contributed by atoms with Crippen LogP contribution < -0.4 is 0 Å². The fourth-order valence-corrected chi connectivity index (χ4v) is 4.57. The molecule has 0 saturated carbocycles. The SMILES string of the molecule is Cc1cc(C)c(C(=O)COC(=O)Cc2csc(-c3ccsc3)n2)c(C)c1C. The van der Waals surface area contributed by atoms with Gasteiger partial charge in [0.1, 0.15) is 5.01 Å². The number of nitrogens with zero attached hydrogens (tertiary/aromatic N) is 1. The molecule has 27 heavy (non-hydrogen) atoms. The van der Waals surface area contributed by atoms with E-state index in [1.165, 1.54) is 11.3 Å². The van der Waals surface area contributed by atoms with Gasteiger partial charge < -0.3 is 4.74 Å². The number of ether oxygens (including phenoxy) is 1.